The third kappa shape index (κ3) is 5.41. The normalized spacial score (nSPS) is 19.3. The SMILES string of the molecule is Cl.Cn1c(=O)ccc2ccc(F)c(OCC3CCC(NCc4ccc5c(n4)NC(=O)CO5)CC3)c21. The molecule has 1 saturated carbocycles. The summed E-state index contributed by atoms with van der Waals surface area (Å²) < 4.78 is 27.3. The van der Waals surface area contributed by atoms with Gasteiger partial charge in [-0.15, -0.1) is 12.4 Å². The van der Waals surface area contributed by atoms with E-state index >= 15 is 0 Å². The minimum atomic E-state index is -0.455. The summed E-state index contributed by atoms with van der Waals surface area (Å²) in [5.74, 6) is 0.871. The zero-order valence-corrected chi connectivity index (χ0v) is 20.2. The van der Waals surface area contributed by atoms with Gasteiger partial charge in [0.05, 0.1) is 17.8 Å². The molecule has 10 heteroatoms. The summed E-state index contributed by atoms with van der Waals surface area (Å²) in [6, 6.07) is 10.3. The number of ether oxygens (including phenoxy) is 2. The van der Waals surface area contributed by atoms with Crippen LogP contribution in [0.15, 0.2) is 41.2 Å². The molecule has 3 heterocycles. The molecule has 2 aliphatic rings. The van der Waals surface area contributed by atoms with E-state index in [9.17, 15) is 14.0 Å². The van der Waals surface area contributed by atoms with Crippen LogP contribution in [0.3, 0.4) is 0 Å². The Morgan fingerprint density at radius 3 is 2.71 bits per heavy atom. The lowest BCUT2D eigenvalue weighted by Gasteiger charge is -2.29. The Morgan fingerprint density at radius 2 is 1.91 bits per heavy atom. The number of carbonyl (C=O) groups excluding carboxylic acids is 1. The summed E-state index contributed by atoms with van der Waals surface area (Å²) in [7, 11) is 1.63. The number of hydrogen-bond donors (Lipinski definition) is 2. The number of fused-ring (bicyclic) bond motifs is 2. The van der Waals surface area contributed by atoms with Gasteiger partial charge in [0.1, 0.15) is 0 Å². The maximum Gasteiger partial charge on any atom is 0.263 e. The number of benzene rings is 1. The third-order valence-corrected chi connectivity index (χ3v) is 6.60. The molecule has 1 aliphatic carbocycles. The Labute approximate surface area is 208 Å². The minimum Gasteiger partial charge on any atom is -0.488 e. The fraction of sp³-hybridized carbons (Fsp3) is 0.400. The predicted molar refractivity (Wildman–Crippen MR) is 133 cm³/mol. The number of hydrogen-bond acceptors (Lipinski definition) is 6. The van der Waals surface area contributed by atoms with Gasteiger partial charge in [-0.05, 0) is 61.9 Å². The van der Waals surface area contributed by atoms with E-state index in [4.69, 9.17) is 9.47 Å². The highest BCUT2D eigenvalue weighted by atomic mass is 35.5. The fourth-order valence-corrected chi connectivity index (χ4v) is 4.65. The van der Waals surface area contributed by atoms with Crippen molar-refractivity contribution >= 4 is 35.0 Å². The molecule has 2 aromatic heterocycles. The van der Waals surface area contributed by atoms with Crippen molar-refractivity contribution in [2.24, 2.45) is 13.0 Å². The third-order valence-electron chi connectivity index (χ3n) is 6.60. The van der Waals surface area contributed by atoms with Crippen LogP contribution in [0.2, 0.25) is 0 Å². The Hall–Kier alpha value is -3.17. The van der Waals surface area contributed by atoms with E-state index in [2.05, 4.69) is 15.6 Å². The maximum atomic E-state index is 14.5. The summed E-state index contributed by atoms with van der Waals surface area (Å²) in [5, 5.41) is 7.04. The van der Waals surface area contributed by atoms with Crippen LogP contribution in [0.1, 0.15) is 31.4 Å². The second kappa shape index (κ2) is 10.6. The molecule has 5 rings (SSSR count). The van der Waals surface area contributed by atoms with Gasteiger partial charge in [0.25, 0.3) is 11.5 Å². The molecule has 0 unspecified atom stereocenters. The number of nitrogens with one attached hydrogen (secondary N) is 2. The van der Waals surface area contributed by atoms with Crippen molar-refractivity contribution in [2.75, 3.05) is 18.5 Å². The van der Waals surface area contributed by atoms with Crippen LogP contribution in [0.5, 0.6) is 11.5 Å². The van der Waals surface area contributed by atoms with Gasteiger partial charge < -0.3 is 24.7 Å². The summed E-state index contributed by atoms with van der Waals surface area (Å²) >= 11 is 0. The molecule has 3 aromatic rings. The second-order valence-corrected chi connectivity index (χ2v) is 8.94. The van der Waals surface area contributed by atoms with Gasteiger partial charge in [0, 0.05) is 31.1 Å². The number of pyridine rings is 2. The van der Waals surface area contributed by atoms with Crippen LogP contribution in [0, 0.1) is 11.7 Å². The molecule has 8 nitrogen and oxygen atoms in total. The first kappa shape index (κ1) is 24.9. The standard InChI is InChI=1S/C25H27FN4O4.ClH/c1-30-22(32)11-5-16-4-9-19(26)24(23(16)30)34-13-15-2-6-17(7-3-15)27-12-18-8-10-20-25(28-18)29-21(31)14-33-20;/h4-5,8-11,15,17,27H,2-3,6-7,12-14H2,1H3,(H,28,29,31);1H. The maximum absolute atomic E-state index is 14.5. The van der Waals surface area contributed by atoms with Gasteiger partial charge in [-0.25, -0.2) is 9.37 Å². The molecule has 0 spiro atoms. The Kier molecular flexibility index (Phi) is 7.57. The number of nitrogens with zero attached hydrogens (tertiary/aromatic N) is 2. The molecule has 2 N–H and O–H groups in total. The summed E-state index contributed by atoms with van der Waals surface area (Å²) in [5.41, 5.74) is 1.13. The molecular weight excluding hydrogens is 475 g/mol. The molecule has 1 amide bonds. The molecule has 0 bridgehead atoms. The predicted octanol–water partition coefficient (Wildman–Crippen LogP) is 3.55. The monoisotopic (exact) mass is 502 g/mol. The Morgan fingerprint density at radius 1 is 1.14 bits per heavy atom. The number of halogens is 2. The number of aryl methyl sites for hydroxylation is 1. The van der Waals surface area contributed by atoms with Crippen LogP contribution < -0.4 is 25.7 Å². The lowest BCUT2D eigenvalue weighted by molar-refractivity contribution is -0.118. The van der Waals surface area contributed by atoms with Crippen molar-refractivity contribution in [3.8, 4) is 11.5 Å². The van der Waals surface area contributed by atoms with E-state index in [1.54, 1.807) is 19.2 Å². The lowest BCUT2D eigenvalue weighted by Crippen LogP contribution is -2.34. The zero-order valence-electron chi connectivity index (χ0n) is 19.4. The molecule has 1 aromatic carbocycles. The van der Waals surface area contributed by atoms with E-state index in [0.717, 1.165) is 36.8 Å². The van der Waals surface area contributed by atoms with E-state index < -0.39 is 5.82 Å². The highest BCUT2D eigenvalue weighted by molar-refractivity contribution is 5.94. The fourth-order valence-electron chi connectivity index (χ4n) is 4.65. The van der Waals surface area contributed by atoms with Crippen molar-refractivity contribution in [2.45, 2.75) is 38.3 Å². The van der Waals surface area contributed by atoms with Gasteiger partial charge >= 0.3 is 0 Å². The summed E-state index contributed by atoms with van der Waals surface area (Å²) in [6.45, 7) is 1.03. The summed E-state index contributed by atoms with van der Waals surface area (Å²) in [4.78, 5) is 28.0. The Bertz CT molecular complexity index is 1290. The molecule has 0 saturated heterocycles. The highest BCUT2D eigenvalue weighted by Crippen LogP contribution is 2.31. The summed E-state index contributed by atoms with van der Waals surface area (Å²) in [6.07, 6.45) is 3.89. The Balaban J connectivity index is 0.00000289. The number of aromatic nitrogens is 2. The van der Waals surface area contributed by atoms with Crippen LogP contribution in [-0.4, -0.2) is 34.7 Å². The van der Waals surface area contributed by atoms with Gasteiger partial charge in [0.15, 0.2) is 29.7 Å². The van der Waals surface area contributed by atoms with E-state index in [0.29, 0.717) is 42.2 Å². The van der Waals surface area contributed by atoms with Gasteiger partial charge in [-0.2, -0.15) is 0 Å². The average molecular weight is 503 g/mol. The van der Waals surface area contributed by atoms with Crippen LogP contribution in [0.25, 0.3) is 10.9 Å². The second-order valence-electron chi connectivity index (χ2n) is 8.94. The van der Waals surface area contributed by atoms with Crippen molar-refractivity contribution in [1.29, 1.82) is 0 Å². The molecule has 0 atom stereocenters. The number of anilines is 1. The van der Waals surface area contributed by atoms with Gasteiger partial charge in [-0.3, -0.25) is 9.59 Å². The molecule has 1 fully saturated rings. The lowest BCUT2D eigenvalue weighted by atomic mass is 9.86. The zero-order chi connectivity index (χ0) is 23.7. The van der Waals surface area contributed by atoms with Crippen molar-refractivity contribution < 1.29 is 18.7 Å². The largest absolute Gasteiger partial charge is 0.488 e. The first-order chi connectivity index (χ1) is 16.5. The highest BCUT2D eigenvalue weighted by Gasteiger charge is 2.23. The molecule has 35 heavy (non-hydrogen) atoms. The number of carbonyl (C=O) groups is 1. The van der Waals surface area contributed by atoms with Gasteiger partial charge in [0.2, 0.25) is 0 Å². The number of amides is 1. The molecule has 186 valence electrons. The molecule has 0 radical (unpaired) electrons. The molecule has 1 aliphatic heterocycles. The topological polar surface area (TPSA) is 94.5 Å². The van der Waals surface area contributed by atoms with Crippen LogP contribution in [-0.2, 0) is 18.4 Å². The van der Waals surface area contributed by atoms with Crippen LogP contribution >= 0.6 is 12.4 Å². The van der Waals surface area contributed by atoms with Crippen LogP contribution in [0.4, 0.5) is 10.2 Å². The number of rotatable bonds is 6. The van der Waals surface area contributed by atoms with Crippen molar-refractivity contribution in [1.82, 2.24) is 14.9 Å². The van der Waals surface area contributed by atoms with Gasteiger partial charge in [-0.1, -0.05) is 0 Å². The first-order valence-corrected chi connectivity index (χ1v) is 11.5. The quantitative estimate of drug-likeness (QED) is 0.535. The van der Waals surface area contributed by atoms with Crippen molar-refractivity contribution in [3.63, 3.8) is 0 Å². The van der Waals surface area contributed by atoms with E-state index in [-0.39, 0.29) is 36.2 Å². The smallest absolute Gasteiger partial charge is 0.263 e. The average Bonchev–Trinajstić information content (AvgIpc) is 2.85. The van der Waals surface area contributed by atoms with Crippen molar-refractivity contribution in [3.05, 3.63) is 58.3 Å². The van der Waals surface area contributed by atoms with E-state index in [1.807, 2.05) is 12.1 Å². The minimum absolute atomic E-state index is 0. The molecular formula is C25H28ClFN4O4. The first-order valence-electron chi connectivity index (χ1n) is 11.5. The van der Waals surface area contributed by atoms with E-state index in [1.165, 1.54) is 16.7 Å².